The van der Waals surface area contributed by atoms with E-state index in [1.807, 2.05) is 0 Å². The highest BCUT2D eigenvalue weighted by molar-refractivity contribution is 7.99. The maximum atomic E-state index is 13.3. The molecule has 8 nitrogen and oxygen atoms in total. The van der Waals surface area contributed by atoms with E-state index in [0.717, 1.165) is 37.4 Å². The van der Waals surface area contributed by atoms with E-state index in [1.54, 1.807) is 48.5 Å². The second kappa shape index (κ2) is 10.5. The molecule has 0 saturated heterocycles. The Kier molecular flexibility index (Phi) is 7.28. The van der Waals surface area contributed by atoms with Gasteiger partial charge in [-0.1, -0.05) is 43.7 Å². The van der Waals surface area contributed by atoms with E-state index in [0.29, 0.717) is 33.2 Å². The van der Waals surface area contributed by atoms with Crippen LogP contribution in [-0.4, -0.2) is 33.3 Å². The van der Waals surface area contributed by atoms with Gasteiger partial charge in [0.25, 0.3) is 5.56 Å². The fraction of sp³-hybridized carbons (Fsp3) is 0.320. The third kappa shape index (κ3) is 5.29. The van der Waals surface area contributed by atoms with E-state index in [9.17, 15) is 14.4 Å². The number of nitriles is 1. The number of aromatic nitrogens is 2. The van der Waals surface area contributed by atoms with Gasteiger partial charge in [0.1, 0.15) is 0 Å². The number of rotatable bonds is 5. The maximum absolute atomic E-state index is 13.3. The summed E-state index contributed by atoms with van der Waals surface area (Å²) in [4.78, 5) is 42.6. The molecule has 3 amide bonds. The van der Waals surface area contributed by atoms with Gasteiger partial charge in [-0.05, 0) is 55.2 Å². The molecule has 0 aliphatic heterocycles. The Bertz CT molecular complexity index is 1310. The molecule has 0 spiro atoms. The molecule has 4 rings (SSSR count). The monoisotopic (exact) mass is 475 g/mol. The van der Waals surface area contributed by atoms with Crippen molar-refractivity contribution >= 4 is 34.6 Å². The standard InChI is InChI=1S/C25H25N5O3S/c1-16-6-2-4-8-20(16)27-24(33)29-22(31)15-34-25-28-21-9-5-3-7-19(21)23(32)30(25)18-12-10-17(14-26)11-13-18/h3,5,7,9-13,16,20H,2,4,6,8,15H2,1H3,(H2,27,29,31,33)/t16-,20-/m1/s1. The second-order valence-corrected chi connectivity index (χ2v) is 9.33. The normalized spacial score (nSPS) is 17.6. The molecule has 174 valence electrons. The number of para-hydroxylation sites is 1. The summed E-state index contributed by atoms with van der Waals surface area (Å²) in [6.45, 7) is 2.11. The number of fused-ring (bicyclic) bond motifs is 1. The summed E-state index contributed by atoms with van der Waals surface area (Å²) in [5, 5.41) is 15.1. The molecular formula is C25H25N5O3S. The first-order valence-corrected chi connectivity index (χ1v) is 12.2. The quantitative estimate of drug-likeness (QED) is 0.429. The van der Waals surface area contributed by atoms with Crippen molar-refractivity contribution in [2.45, 2.75) is 43.8 Å². The molecular weight excluding hydrogens is 450 g/mol. The van der Waals surface area contributed by atoms with Gasteiger partial charge >= 0.3 is 6.03 Å². The molecule has 1 aromatic heterocycles. The maximum Gasteiger partial charge on any atom is 0.321 e. The molecule has 0 radical (unpaired) electrons. The van der Waals surface area contributed by atoms with Crippen molar-refractivity contribution < 1.29 is 9.59 Å². The van der Waals surface area contributed by atoms with Crippen molar-refractivity contribution in [2.75, 3.05) is 5.75 Å². The average Bonchev–Trinajstić information content (AvgIpc) is 2.84. The summed E-state index contributed by atoms with van der Waals surface area (Å²) in [5.74, 6) is -0.179. The van der Waals surface area contributed by atoms with Gasteiger partial charge in [-0.3, -0.25) is 19.5 Å². The third-order valence-electron chi connectivity index (χ3n) is 6.01. The van der Waals surface area contributed by atoms with Crippen LogP contribution in [0.1, 0.15) is 38.2 Å². The van der Waals surface area contributed by atoms with E-state index in [-0.39, 0.29) is 17.4 Å². The highest BCUT2D eigenvalue weighted by Crippen LogP contribution is 2.24. The molecule has 2 aromatic carbocycles. The number of nitrogens with zero attached hydrogens (tertiary/aromatic N) is 3. The summed E-state index contributed by atoms with van der Waals surface area (Å²) in [7, 11) is 0. The van der Waals surface area contributed by atoms with Crippen LogP contribution >= 0.6 is 11.8 Å². The Labute approximate surface area is 201 Å². The number of amides is 3. The van der Waals surface area contributed by atoms with Crippen molar-refractivity contribution in [1.82, 2.24) is 20.2 Å². The van der Waals surface area contributed by atoms with Crippen LogP contribution in [-0.2, 0) is 4.79 Å². The summed E-state index contributed by atoms with van der Waals surface area (Å²) < 4.78 is 1.42. The minimum atomic E-state index is -0.500. The number of urea groups is 1. The van der Waals surface area contributed by atoms with Crippen LogP contribution in [0.25, 0.3) is 16.6 Å². The first kappa shape index (κ1) is 23.5. The SMILES string of the molecule is C[C@@H]1CCCC[C@H]1NC(=O)NC(=O)CSc1nc2ccccc2c(=O)n1-c1ccc(C#N)cc1. The van der Waals surface area contributed by atoms with E-state index in [1.165, 1.54) is 4.57 Å². The fourth-order valence-electron chi connectivity index (χ4n) is 4.15. The predicted octanol–water partition coefficient (Wildman–Crippen LogP) is 3.75. The summed E-state index contributed by atoms with van der Waals surface area (Å²) in [5.41, 5.74) is 1.25. The van der Waals surface area contributed by atoms with Crippen LogP contribution < -0.4 is 16.2 Å². The summed E-state index contributed by atoms with van der Waals surface area (Å²) >= 11 is 1.07. The van der Waals surface area contributed by atoms with Crippen LogP contribution in [0, 0.1) is 17.2 Å². The number of hydrogen-bond acceptors (Lipinski definition) is 6. The van der Waals surface area contributed by atoms with E-state index in [4.69, 9.17) is 5.26 Å². The van der Waals surface area contributed by atoms with Gasteiger partial charge in [0.05, 0.1) is 34.0 Å². The van der Waals surface area contributed by atoms with E-state index < -0.39 is 11.9 Å². The van der Waals surface area contributed by atoms with Crippen LogP contribution in [0.4, 0.5) is 4.79 Å². The highest BCUT2D eigenvalue weighted by atomic mass is 32.2. The molecule has 1 fully saturated rings. The third-order valence-corrected chi connectivity index (χ3v) is 6.95. The number of imide groups is 1. The van der Waals surface area contributed by atoms with Crippen molar-refractivity contribution in [2.24, 2.45) is 5.92 Å². The van der Waals surface area contributed by atoms with Gasteiger partial charge in [0.2, 0.25) is 5.91 Å². The predicted molar refractivity (Wildman–Crippen MR) is 131 cm³/mol. The van der Waals surface area contributed by atoms with E-state index >= 15 is 0 Å². The Balaban J connectivity index is 1.52. The number of nitrogens with one attached hydrogen (secondary N) is 2. The number of carbonyl (C=O) groups is 2. The Morgan fingerprint density at radius 2 is 1.88 bits per heavy atom. The van der Waals surface area contributed by atoms with Gasteiger partial charge in [-0.15, -0.1) is 0 Å². The van der Waals surface area contributed by atoms with Crippen molar-refractivity contribution in [1.29, 1.82) is 5.26 Å². The zero-order valence-electron chi connectivity index (χ0n) is 18.8. The van der Waals surface area contributed by atoms with Gasteiger partial charge in [-0.25, -0.2) is 9.78 Å². The largest absolute Gasteiger partial charge is 0.335 e. The topological polar surface area (TPSA) is 117 Å². The first-order valence-electron chi connectivity index (χ1n) is 11.2. The second-order valence-electron chi connectivity index (χ2n) is 8.39. The number of thioether (sulfide) groups is 1. The number of hydrogen-bond donors (Lipinski definition) is 2. The molecule has 0 bridgehead atoms. The molecule has 2 atom stereocenters. The molecule has 1 saturated carbocycles. The van der Waals surface area contributed by atoms with E-state index in [2.05, 4.69) is 28.6 Å². The molecule has 0 unspecified atom stereocenters. The molecule has 2 N–H and O–H groups in total. The molecule has 3 aromatic rings. The van der Waals surface area contributed by atoms with Gasteiger partial charge in [-0.2, -0.15) is 5.26 Å². The summed E-state index contributed by atoms with van der Waals surface area (Å²) in [6, 6.07) is 15.2. The van der Waals surface area contributed by atoms with Crippen LogP contribution in [0.15, 0.2) is 58.5 Å². The Morgan fingerprint density at radius 3 is 2.62 bits per heavy atom. The van der Waals surface area contributed by atoms with Gasteiger partial charge in [0, 0.05) is 6.04 Å². The minimum absolute atomic E-state index is 0.0675. The van der Waals surface area contributed by atoms with Gasteiger partial charge in [0.15, 0.2) is 5.16 Å². The lowest BCUT2D eigenvalue weighted by molar-refractivity contribution is -0.117. The molecule has 1 aliphatic rings. The zero-order valence-corrected chi connectivity index (χ0v) is 19.6. The lowest BCUT2D eigenvalue weighted by Crippen LogP contribution is -2.48. The minimum Gasteiger partial charge on any atom is -0.335 e. The lowest BCUT2D eigenvalue weighted by Gasteiger charge is -2.29. The average molecular weight is 476 g/mol. The molecule has 9 heteroatoms. The van der Waals surface area contributed by atoms with Crippen molar-refractivity contribution in [3.63, 3.8) is 0 Å². The Morgan fingerprint density at radius 1 is 1.15 bits per heavy atom. The van der Waals surface area contributed by atoms with Crippen molar-refractivity contribution in [3.8, 4) is 11.8 Å². The van der Waals surface area contributed by atoms with Crippen LogP contribution in [0.5, 0.6) is 0 Å². The zero-order chi connectivity index (χ0) is 24.1. The van der Waals surface area contributed by atoms with Crippen LogP contribution in [0.2, 0.25) is 0 Å². The molecule has 1 aliphatic carbocycles. The first-order chi connectivity index (χ1) is 16.5. The lowest BCUT2D eigenvalue weighted by atomic mass is 9.86. The fourth-order valence-corrected chi connectivity index (χ4v) is 4.96. The van der Waals surface area contributed by atoms with Crippen molar-refractivity contribution in [3.05, 3.63) is 64.4 Å². The number of carbonyl (C=O) groups excluding carboxylic acids is 2. The highest BCUT2D eigenvalue weighted by Gasteiger charge is 2.23. The smallest absolute Gasteiger partial charge is 0.321 e. The molecule has 1 heterocycles. The van der Waals surface area contributed by atoms with Crippen LogP contribution in [0.3, 0.4) is 0 Å². The summed E-state index contributed by atoms with van der Waals surface area (Å²) in [6.07, 6.45) is 4.21. The Hall–Kier alpha value is -3.64. The van der Waals surface area contributed by atoms with Gasteiger partial charge < -0.3 is 5.32 Å². The molecule has 34 heavy (non-hydrogen) atoms. The number of benzene rings is 2.